The molecular weight excluding hydrogens is 232 g/mol. The largest absolute Gasteiger partial charge is 0.478 e. The van der Waals surface area contributed by atoms with Crippen LogP contribution in [0, 0.1) is 5.41 Å². The molecule has 4 heteroatoms. The summed E-state index contributed by atoms with van der Waals surface area (Å²) in [5.41, 5.74) is 0.177. The maximum Gasteiger partial charge on any atom is 0.330 e. The van der Waals surface area contributed by atoms with Crippen LogP contribution >= 0.6 is 0 Å². The van der Waals surface area contributed by atoms with Gasteiger partial charge in [0.15, 0.2) is 0 Å². The maximum atomic E-state index is 9.86. The molecule has 0 aromatic heterocycles. The van der Waals surface area contributed by atoms with Crippen LogP contribution < -0.4 is 0 Å². The zero-order valence-electron chi connectivity index (χ0n) is 12.1. The van der Waals surface area contributed by atoms with Crippen LogP contribution in [-0.2, 0) is 4.79 Å². The van der Waals surface area contributed by atoms with E-state index in [0.717, 1.165) is 25.7 Å². The van der Waals surface area contributed by atoms with E-state index < -0.39 is 5.97 Å². The molecule has 18 heavy (non-hydrogen) atoms. The zero-order valence-corrected chi connectivity index (χ0v) is 12.1. The Morgan fingerprint density at radius 2 is 1.72 bits per heavy atom. The monoisotopic (exact) mass is 260 g/mol. The predicted molar refractivity (Wildman–Crippen MR) is 73.5 cm³/mol. The van der Waals surface area contributed by atoms with Gasteiger partial charge in [0.2, 0.25) is 0 Å². The number of carboxylic acid groups (broad SMARTS) is 1. The van der Waals surface area contributed by atoms with Gasteiger partial charge in [0.1, 0.15) is 0 Å². The third kappa shape index (κ3) is 8.25. The van der Waals surface area contributed by atoms with E-state index in [1.807, 2.05) is 6.92 Å². The van der Waals surface area contributed by atoms with E-state index in [0.29, 0.717) is 5.57 Å². The Morgan fingerprint density at radius 1 is 1.22 bits per heavy atom. The number of rotatable bonds is 7. The van der Waals surface area contributed by atoms with E-state index in [1.165, 1.54) is 0 Å². The summed E-state index contributed by atoms with van der Waals surface area (Å²) in [7, 11) is 0. The molecule has 0 atom stereocenters. The molecule has 0 amide bonds. The van der Waals surface area contributed by atoms with Crippen molar-refractivity contribution in [2.45, 2.75) is 53.4 Å². The predicted octanol–water partition coefficient (Wildman–Crippen LogP) is 2.59. The molecule has 0 unspecified atom stereocenters. The molecule has 0 spiro atoms. The SMILES string of the molecule is CC=C(C)C(=O)O.CCCCC(CC)(CO)CO. The van der Waals surface area contributed by atoms with Gasteiger partial charge in [0.25, 0.3) is 0 Å². The molecule has 0 heterocycles. The first-order valence-electron chi connectivity index (χ1n) is 6.50. The number of aliphatic carboxylic acids is 1. The number of unbranched alkanes of at least 4 members (excludes halogenated alkanes) is 1. The highest BCUT2D eigenvalue weighted by atomic mass is 16.4. The van der Waals surface area contributed by atoms with E-state index >= 15 is 0 Å². The van der Waals surface area contributed by atoms with Gasteiger partial charge in [-0.05, 0) is 26.7 Å². The van der Waals surface area contributed by atoms with Gasteiger partial charge in [0.05, 0.1) is 13.2 Å². The van der Waals surface area contributed by atoms with Crippen molar-refractivity contribution in [3.63, 3.8) is 0 Å². The second-order valence-corrected chi connectivity index (χ2v) is 4.55. The van der Waals surface area contributed by atoms with Crippen molar-refractivity contribution in [3.8, 4) is 0 Å². The van der Waals surface area contributed by atoms with Crippen LogP contribution in [0.3, 0.4) is 0 Å². The van der Waals surface area contributed by atoms with Crippen molar-refractivity contribution < 1.29 is 20.1 Å². The number of allylic oxidation sites excluding steroid dienone is 1. The van der Waals surface area contributed by atoms with Crippen LogP contribution in [0.25, 0.3) is 0 Å². The standard InChI is InChI=1S/C9H20O2.C5H8O2/c1-3-5-6-9(4-2,7-10)8-11;1-3-4(2)5(6)7/h10-11H,3-8H2,1-2H3;3H,1-2H3,(H,6,7). The van der Waals surface area contributed by atoms with Crippen molar-refractivity contribution in [2.75, 3.05) is 13.2 Å². The lowest BCUT2D eigenvalue weighted by Gasteiger charge is -2.27. The molecule has 0 aliphatic heterocycles. The number of hydrogen-bond acceptors (Lipinski definition) is 3. The highest BCUT2D eigenvalue weighted by Gasteiger charge is 2.25. The lowest BCUT2D eigenvalue weighted by Crippen LogP contribution is -2.28. The number of aliphatic hydroxyl groups excluding tert-OH is 2. The Hall–Kier alpha value is -0.870. The van der Waals surface area contributed by atoms with E-state index in [9.17, 15) is 4.79 Å². The molecule has 108 valence electrons. The quantitative estimate of drug-likeness (QED) is 0.615. The number of carbonyl (C=O) groups is 1. The smallest absolute Gasteiger partial charge is 0.330 e. The first-order valence-corrected chi connectivity index (χ1v) is 6.50. The highest BCUT2D eigenvalue weighted by Crippen LogP contribution is 2.27. The molecule has 0 aliphatic rings. The molecule has 0 rings (SSSR count). The van der Waals surface area contributed by atoms with Gasteiger partial charge in [-0.2, -0.15) is 0 Å². The Balaban J connectivity index is 0. The van der Waals surface area contributed by atoms with Gasteiger partial charge in [-0.15, -0.1) is 0 Å². The van der Waals surface area contributed by atoms with Gasteiger partial charge in [-0.3, -0.25) is 0 Å². The third-order valence-electron chi connectivity index (χ3n) is 3.25. The second kappa shape index (κ2) is 11.2. The van der Waals surface area contributed by atoms with Gasteiger partial charge < -0.3 is 15.3 Å². The molecule has 4 nitrogen and oxygen atoms in total. The van der Waals surface area contributed by atoms with Crippen molar-refractivity contribution in [3.05, 3.63) is 11.6 Å². The third-order valence-corrected chi connectivity index (χ3v) is 3.25. The molecule has 0 fully saturated rings. The van der Waals surface area contributed by atoms with Gasteiger partial charge in [-0.1, -0.05) is 32.8 Å². The molecule has 0 bridgehead atoms. The summed E-state index contributed by atoms with van der Waals surface area (Å²) in [5.74, 6) is -0.845. The highest BCUT2D eigenvalue weighted by molar-refractivity contribution is 5.85. The van der Waals surface area contributed by atoms with E-state index in [-0.39, 0.29) is 18.6 Å². The normalized spacial score (nSPS) is 11.8. The Labute approximate surface area is 110 Å². The molecule has 0 saturated heterocycles. The van der Waals surface area contributed by atoms with Gasteiger partial charge >= 0.3 is 5.97 Å². The molecule has 3 N–H and O–H groups in total. The Bertz CT molecular complexity index is 234. The second-order valence-electron chi connectivity index (χ2n) is 4.55. The van der Waals surface area contributed by atoms with Crippen molar-refractivity contribution in [2.24, 2.45) is 5.41 Å². The van der Waals surface area contributed by atoms with Crippen molar-refractivity contribution in [1.29, 1.82) is 0 Å². The fourth-order valence-corrected chi connectivity index (χ4v) is 1.28. The summed E-state index contributed by atoms with van der Waals surface area (Å²) < 4.78 is 0. The van der Waals surface area contributed by atoms with Crippen LogP contribution in [0.2, 0.25) is 0 Å². The minimum absolute atomic E-state index is 0.111. The van der Waals surface area contributed by atoms with Gasteiger partial charge in [-0.25, -0.2) is 4.79 Å². The Morgan fingerprint density at radius 3 is 1.89 bits per heavy atom. The van der Waals surface area contributed by atoms with Gasteiger partial charge in [0, 0.05) is 11.0 Å². The van der Waals surface area contributed by atoms with Crippen LogP contribution in [0.5, 0.6) is 0 Å². The van der Waals surface area contributed by atoms with E-state index in [1.54, 1.807) is 19.9 Å². The molecule has 0 aliphatic carbocycles. The first kappa shape index (κ1) is 19.5. The summed E-state index contributed by atoms with van der Waals surface area (Å²) >= 11 is 0. The number of carboxylic acids is 1. The summed E-state index contributed by atoms with van der Waals surface area (Å²) in [6, 6.07) is 0. The number of hydrogen-bond donors (Lipinski definition) is 3. The van der Waals surface area contributed by atoms with Crippen molar-refractivity contribution in [1.82, 2.24) is 0 Å². The fraction of sp³-hybridized carbons (Fsp3) is 0.786. The molecule has 0 saturated carbocycles. The van der Waals surface area contributed by atoms with E-state index in [2.05, 4.69) is 6.92 Å². The fourth-order valence-electron chi connectivity index (χ4n) is 1.28. The molecule has 0 aromatic rings. The average molecular weight is 260 g/mol. The molecular formula is C14H28O4. The summed E-state index contributed by atoms with van der Waals surface area (Å²) in [5, 5.41) is 26.2. The summed E-state index contributed by atoms with van der Waals surface area (Å²) in [6.45, 7) is 7.61. The molecule has 0 radical (unpaired) electrons. The summed E-state index contributed by atoms with van der Waals surface area (Å²) in [6.07, 6.45) is 5.58. The van der Waals surface area contributed by atoms with Crippen LogP contribution in [-0.4, -0.2) is 34.5 Å². The zero-order chi connectivity index (χ0) is 14.6. The number of aliphatic hydroxyl groups is 2. The topological polar surface area (TPSA) is 77.8 Å². The molecule has 0 aromatic carbocycles. The maximum absolute atomic E-state index is 9.86. The average Bonchev–Trinajstić information content (AvgIpc) is 2.40. The van der Waals surface area contributed by atoms with E-state index in [4.69, 9.17) is 15.3 Å². The van der Waals surface area contributed by atoms with Crippen molar-refractivity contribution >= 4 is 5.97 Å². The lowest BCUT2D eigenvalue weighted by atomic mass is 9.82. The van der Waals surface area contributed by atoms with Crippen LogP contribution in [0.15, 0.2) is 11.6 Å². The minimum Gasteiger partial charge on any atom is -0.478 e. The Kier molecular flexibility index (Phi) is 12.2. The van der Waals surface area contributed by atoms with Crippen LogP contribution in [0.4, 0.5) is 0 Å². The minimum atomic E-state index is -0.845. The first-order chi connectivity index (χ1) is 8.42. The lowest BCUT2D eigenvalue weighted by molar-refractivity contribution is -0.132. The summed E-state index contributed by atoms with van der Waals surface area (Å²) in [4.78, 5) is 9.86. The van der Waals surface area contributed by atoms with Crippen LogP contribution in [0.1, 0.15) is 53.4 Å².